The molecule has 1 saturated heterocycles. The SMILES string of the molecule is Cc1cnn2c(N3CCCCC3)c3c(nc12)CCNCC3. The van der Waals surface area contributed by atoms with Crippen molar-refractivity contribution in [1.29, 1.82) is 0 Å². The monoisotopic (exact) mass is 285 g/mol. The van der Waals surface area contributed by atoms with Gasteiger partial charge in [-0.05, 0) is 39.2 Å². The Labute approximate surface area is 125 Å². The molecule has 112 valence electrons. The van der Waals surface area contributed by atoms with Crippen LogP contribution in [-0.2, 0) is 12.8 Å². The molecule has 2 aliphatic rings. The van der Waals surface area contributed by atoms with Crippen molar-refractivity contribution in [1.82, 2.24) is 19.9 Å². The molecule has 0 bridgehead atoms. The van der Waals surface area contributed by atoms with E-state index in [2.05, 4.69) is 26.8 Å². The normalized spacial score (nSPS) is 19.6. The highest BCUT2D eigenvalue weighted by Gasteiger charge is 2.23. The number of anilines is 1. The molecule has 0 aliphatic carbocycles. The number of aryl methyl sites for hydroxylation is 1. The molecule has 2 aromatic heterocycles. The van der Waals surface area contributed by atoms with Crippen LogP contribution in [0.25, 0.3) is 5.65 Å². The van der Waals surface area contributed by atoms with Gasteiger partial charge in [0.1, 0.15) is 5.82 Å². The van der Waals surface area contributed by atoms with Gasteiger partial charge in [-0.3, -0.25) is 0 Å². The first-order valence-corrected chi connectivity index (χ1v) is 8.16. The van der Waals surface area contributed by atoms with Gasteiger partial charge >= 0.3 is 0 Å². The minimum absolute atomic E-state index is 1.03. The molecule has 21 heavy (non-hydrogen) atoms. The Balaban J connectivity index is 1.93. The van der Waals surface area contributed by atoms with E-state index in [0.29, 0.717) is 0 Å². The maximum absolute atomic E-state index is 4.92. The van der Waals surface area contributed by atoms with Crippen molar-refractivity contribution in [2.45, 2.75) is 39.0 Å². The molecule has 1 N–H and O–H groups in total. The number of nitrogens with zero attached hydrogens (tertiary/aromatic N) is 4. The molecule has 1 fully saturated rings. The summed E-state index contributed by atoms with van der Waals surface area (Å²) in [5.74, 6) is 1.31. The first-order valence-electron chi connectivity index (χ1n) is 8.16. The second-order valence-electron chi connectivity index (χ2n) is 6.22. The number of rotatable bonds is 1. The molecule has 0 radical (unpaired) electrons. The maximum atomic E-state index is 4.92. The maximum Gasteiger partial charge on any atom is 0.160 e. The lowest BCUT2D eigenvalue weighted by Gasteiger charge is -2.31. The molecule has 4 rings (SSSR count). The Morgan fingerprint density at radius 2 is 1.90 bits per heavy atom. The van der Waals surface area contributed by atoms with Gasteiger partial charge in [0.15, 0.2) is 5.65 Å². The average Bonchev–Trinajstić information content (AvgIpc) is 2.74. The summed E-state index contributed by atoms with van der Waals surface area (Å²) in [4.78, 5) is 7.46. The largest absolute Gasteiger partial charge is 0.356 e. The zero-order chi connectivity index (χ0) is 14.2. The van der Waals surface area contributed by atoms with E-state index in [9.17, 15) is 0 Å². The molecular formula is C16H23N5. The lowest BCUT2D eigenvalue weighted by molar-refractivity contribution is 0.565. The topological polar surface area (TPSA) is 45.5 Å². The summed E-state index contributed by atoms with van der Waals surface area (Å²) in [5.41, 5.74) is 4.90. The molecular weight excluding hydrogens is 262 g/mol. The molecule has 0 unspecified atom stereocenters. The third-order valence-electron chi connectivity index (χ3n) is 4.73. The van der Waals surface area contributed by atoms with Gasteiger partial charge in [-0.2, -0.15) is 9.61 Å². The van der Waals surface area contributed by atoms with Gasteiger partial charge in [-0.25, -0.2) is 4.98 Å². The fourth-order valence-corrected chi connectivity index (χ4v) is 3.61. The molecule has 2 aromatic rings. The predicted molar refractivity (Wildman–Crippen MR) is 84.1 cm³/mol. The minimum atomic E-state index is 1.03. The minimum Gasteiger partial charge on any atom is -0.356 e. The lowest BCUT2D eigenvalue weighted by atomic mass is 10.1. The van der Waals surface area contributed by atoms with Crippen LogP contribution in [0.15, 0.2) is 6.20 Å². The van der Waals surface area contributed by atoms with E-state index in [4.69, 9.17) is 4.98 Å². The van der Waals surface area contributed by atoms with Crippen molar-refractivity contribution in [3.8, 4) is 0 Å². The molecule has 0 saturated carbocycles. The van der Waals surface area contributed by atoms with Crippen LogP contribution in [0, 0.1) is 6.92 Å². The molecule has 2 aliphatic heterocycles. The summed E-state index contributed by atoms with van der Waals surface area (Å²) in [6.45, 7) is 6.48. The highest BCUT2D eigenvalue weighted by molar-refractivity contribution is 5.60. The van der Waals surface area contributed by atoms with E-state index in [1.165, 1.54) is 41.9 Å². The lowest BCUT2D eigenvalue weighted by Crippen LogP contribution is -2.33. The number of piperidine rings is 1. The van der Waals surface area contributed by atoms with Gasteiger partial charge in [0.25, 0.3) is 0 Å². The first kappa shape index (κ1) is 13.1. The van der Waals surface area contributed by atoms with Crippen molar-refractivity contribution in [3.63, 3.8) is 0 Å². The van der Waals surface area contributed by atoms with Gasteiger partial charge in [0, 0.05) is 37.2 Å². The van der Waals surface area contributed by atoms with Crippen LogP contribution in [-0.4, -0.2) is 40.8 Å². The molecule has 5 nitrogen and oxygen atoms in total. The molecule has 0 spiro atoms. The van der Waals surface area contributed by atoms with Crippen molar-refractivity contribution in [2.75, 3.05) is 31.1 Å². The van der Waals surface area contributed by atoms with E-state index in [1.807, 2.05) is 6.20 Å². The molecule has 5 heteroatoms. The van der Waals surface area contributed by atoms with Crippen LogP contribution in [0.3, 0.4) is 0 Å². The highest BCUT2D eigenvalue weighted by Crippen LogP contribution is 2.29. The Morgan fingerprint density at radius 1 is 1.10 bits per heavy atom. The van der Waals surface area contributed by atoms with Crippen LogP contribution >= 0.6 is 0 Å². The van der Waals surface area contributed by atoms with Crippen LogP contribution in [0.2, 0.25) is 0 Å². The van der Waals surface area contributed by atoms with Crippen LogP contribution < -0.4 is 10.2 Å². The summed E-state index contributed by atoms with van der Waals surface area (Å²) in [6, 6.07) is 0. The summed E-state index contributed by atoms with van der Waals surface area (Å²) in [6.07, 6.45) is 7.97. The van der Waals surface area contributed by atoms with E-state index in [0.717, 1.165) is 44.7 Å². The number of fused-ring (bicyclic) bond motifs is 2. The number of nitrogens with one attached hydrogen (secondary N) is 1. The Hall–Kier alpha value is -1.62. The zero-order valence-electron chi connectivity index (χ0n) is 12.7. The fraction of sp³-hybridized carbons (Fsp3) is 0.625. The van der Waals surface area contributed by atoms with Crippen molar-refractivity contribution in [3.05, 3.63) is 23.0 Å². The van der Waals surface area contributed by atoms with Gasteiger partial charge in [-0.15, -0.1) is 0 Å². The van der Waals surface area contributed by atoms with E-state index >= 15 is 0 Å². The molecule has 0 aromatic carbocycles. The van der Waals surface area contributed by atoms with Crippen LogP contribution in [0.5, 0.6) is 0 Å². The van der Waals surface area contributed by atoms with Gasteiger partial charge in [0.2, 0.25) is 0 Å². The molecule has 4 heterocycles. The van der Waals surface area contributed by atoms with Crippen LogP contribution in [0.4, 0.5) is 5.82 Å². The summed E-state index contributed by atoms with van der Waals surface area (Å²) < 4.78 is 2.09. The number of hydrogen-bond donors (Lipinski definition) is 1. The fourth-order valence-electron chi connectivity index (χ4n) is 3.61. The molecule has 0 atom stereocenters. The van der Waals surface area contributed by atoms with Crippen molar-refractivity contribution in [2.24, 2.45) is 0 Å². The average molecular weight is 285 g/mol. The van der Waals surface area contributed by atoms with Crippen LogP contribution in [0.1, 0.15) is 36.1 Å². The third kappa shape index (κ3) is 2.20. The van der Waals surface area contributed by atoms with Crippen molar-refractivity contribution >= 4 is 11.5 Å². The van der Waals surface area contributed by atoms with Gasteiger partial charge in [0.05, 0.1) is 11.9 Å². The predicted octanol–water partition coefficient (Wildman–Crippen LogP) is 1.72. The first-order chi connectivity index (χ1) is 10.3. The Morgan fingerprint density at radius 3 is 2.76 bits per heavy atom. The Kier molecular flexibility index (Phi) is 3.30. The second kappa shape index (κ2) is 5.30. The summed E-state index contributed by atoms with van der Waals surface area (Å²) in [5, 5.41) is 8.12. The number of aromatic nitrogens is 3. The van der Waals surface area contributed by atoms with E-state index in [1.54, 1.807) is 0 Å². The Bertz CT molecular complexity index is 654. The zero-order valence-corrected chi connectivity index (χ0v) is 12.7. The van der Waals surface area contributed by atoms with E-state index < -0.39 is 0 Å². The molecule has 0 amide bonds. The van der Waals surface area contributed by atoms with E-state index in [-0.39, 0.29) is 0 Å². The van der Waals surface area contributed by atoms with Gasteiger partial charge < -0.3 is 10.2 Å². The summed E-state index contributed by atoms with van der Waals surface area (Å²) >= 11 is 0. The smallest absolute Gasteiger partial charge is 0.160 e. The highest BCUT2D eigenvalue weighted by atomic mass is 15.3. The summed E-state index contributed by atoms with van der Waals surface area (Å²) in [7, 11) is 0. The number of hydrogen-bond acceptors (Lipinski definition) is 4. The standard InChI is InChI=1S/C16H23N5/c1-12-11-18-21-15(12)19-14-6-8-17-7-5-13(14)16(21)20-9-3-2-4-10-20/h11,17H,2-10H2,1H3. The van der Waals surface area contributed by atoms with Gasteiger partial charge in [-0.1, -0.05) is 0 Å². The van der Waals surface area contributed by atoms with Crippen molar-refractivity contribution < 1.29 is 0 Å². The quantitative estimate of drug-likeness (QED) is 0.866. The third-order valence-corrected chi connectivity index (χ3v) is 4.73. The second-order valence-corrected chi connectivity index (χ2v) is 6.22.